The normalized spacial score (nSPS) is 11.7. The molecule has 0 bridgehead atoms. The molecular weight excluding hydrogens is 454 g/mol. The van der Waals surface area contributed by atoms with Crippen molar-refractivity contribution in [2.24, 2.45) is 0 Å². The average molecular weight is 486 g/mol. The Morgan fingerprint density at radius 3 is 2.57 bits per heavy atom. The third-order valence-corrected chi connectivity index (χ3v) is 6.94. The number of benzene rings is 3. The molecule has 4 rings (SSSR count). The van der Waals surface area contributed by atoms with Crippen LogP contribution in [-0.4, -0.2) is 18.8 Å². The molecule has 1 N–H and O–H groups in total. The van der Waals surface area contributed by atoms with E-state index in [1.807, 2.05) is 57.6 Å². The van der Waals surface area contributed by atoms with Gasteiger partial charge < -0.3 is 14.5 Å². The van der Waals surface area contributed by atoms with Crippen molar-refractivity contribution in [2.75, 3.05) is 18.2 Å². The van der Waals surface area contributed by atoms with Gasteiger partial charge in [-0.25, -0.2) is 0 Å². The minimum Gasteiger partial charge on any atom is -0.493 e. The predicted molar refractivity (Wildman–Crippen MR) is 148 cm³/mol. The highest BCUT2D eigenvalue weighted by Crippen LogP contribution is 2.41. The molecule has 0 radical (unpaired) electrons. The first kappa shape index (κ1) is 24.7. The zero-order chi connectivity index (χ0) is 25.1. The first-order valence-electron chi connectivity index (χ1n) is 11.7. The van der Waals surface area contributed by atoms with E-state index in [0.29, 0.717) is 6.61 Å². The number of carbonyl (C=O) groups is 1. The van der Waals surface area contributed by atoms with Crippen LogP contribution in [0.15, 0.2) is 70.2 Å². The van der Waals surface area contributed by atoms with E-state index in [2.05, 4.69) is 43.4 Å². The lowest BCUT2D eigenvalue weighted by Crippen LogP contribution is -2.09. The fraction of sp³-hybridized carbons (Fsp3) is 0.233. The van der Waals surface area contributed by atoms with Crippen LogP contribution in [-0.2, 0) is 4.79 Å². The molecular formula is C30H31NO3S. The van der Waals surface area contributed by atoms with Crippen LogP contribution in [0.5, 0.6) is 5.75 Å². The van der Waals surface area contributed by atoms with E-state index in [-0.39, 0.29) is 5.91 Å². The fourth-order valence-corrected chi connectivity index (χ4v) is 5.01. The molecule has 0 aliphatic rings. The zero-order valence-corrected chi connectivity index (χ0v) is 21.9. The number of furan rings is 1. The van der Waals surface area contributed by atoms with E-state index in [1.54, 1.807) is 17.8 Å². The molecule has 1 aromatic heterocycles. The second-order valence-corrected chi connectivity index (χ2v) is 9.52. The summed E-state index contributed by atoms with van der Waals surface area (Å²) in [5.74, 6) is 0.568. The molecule has 35 heavy (non-hydrogen) atoms. The Morgan fingerprint density at radius 2 is 1.86 bits per heavy atom. The fourth-order valence-electron chi connectivity index (χ4n) is 4.45. The van der Waals surface area contributed by atoms with E-state index in [1.165, 1.54) is 11.1 Å². The van der Waals surface area contributed by atoms with E-state index >= 15 is 0 Å². The highest BCUT2D eigenvalue weighted by molar-refractivity contribution is 7.98. The molecule has 0 aliphatic carbocycles. The van der Waals surface area contributed by atoms with Gasteiger partial charge in [-0.1, -0.05) is 35.9 Å². The van der Waals surface area contributed by atoms with Crippen LogP contribution in [0.3, 0.4) is 0 Å². The second-order valence-electron chi connectivity index (χ2n) is 8.67. The average Bonchev–Trinajstić information content (AvgIpc) is 3.25. The van der Waals surface area contributed by atoms with E-state index in [4.69, 9.17) is 9.15 Å². The Hall–Kier alpha value is -3.44. The first-order chi connectivity index (χ1) is 16.8. The van der Waals surface area contributed by atoms with Gasteiger partial charge in [-0.2, -0.15) is 0 Å². The highest BCUT2D eigenvalue weighted by Gasteiger charge is 2.20. The second kappa shape index (κ2) is 10.4. The van der Waals surface area contributed by atoms with Gasteiger partial charge in [-0.15, -0.1) is 11.8 Å². The third kappa shape index (κ3) is 5.01. The van der Waals surface area contributed by atoms with Crippen molar-refractivity contribution < 1.29 is 13.9 Å². The Kier molecular flexibility index (Phi) is 7.37. The number of rotatable bonds is 7. The number of allylic oxidation sites excluding steroid dienone is 1. The molecule has 0 atom stereocenters. The number of para-hydroxylation sites is 1. The molecule has 0 saturated carbocycles. The molecule has 1 amide bonds. The van der Waals surface area contributed by atoms with Crippen LogP contribution >= 0.6 is 11.8 Å². The van der Waals surface area contributed by atoms with E-state index in [9.17, 15) is 4.79 Å². The molecule has 0 spiro atoms. The van der Waals surface area contributed by atoms with Crippen molar-refractivity contribution in [1.29, 1.82) is 0 Å². The number of fused-ring (bicyclic) bond motifs is 1. The van der Waals surface area contributed by atoms with Crippen LogP contribution in [0.25, 0.3) is 27.7 Å². The molecule has 0 saturated heterocycles. The zero-order valence-electron chi connectivity index (χ0n) is 21.1. The lowest BCUT2D eigenvalue weighted by molar-refractivity contribution is -0.111. The van der Waals surface area contributed by atoms with Gasteiger partial charge in [0.25, 0.3) is 0 Å². The lowest BCUT2D eigenvalue weighted by atomic mass is 9.94. The van der Waals surface area contributed by atoms with Gasteiger partial charge in [0.15, 0.2) is 0 Å². The maximum absolute atomic E-state index is 12.9. The number of thioether (sulfide) groups is 1. The summed E-state index contributed by atoms with van der Waals surface area (Å²) in [6.07, 6.45) is 5.45. The van der Waals surface area contributed by atoms with Crippen LogP contribution in [0.2, 0.25) is 0 Å². The van der Waals surface area contributed by atoms with E-state index < -0.39 is 0 Å². The molecule has 4 aromatic rings. The van der Waals surface area contributed by atoms with Gasteiger partial charge in [-0.3, -0.25) is 4.79 Å². The molecule has 0 unspecified atom stereocenters. The Balaban J connectivity index is 1.80. The summed E-state index contributed by atoms with van der Waals surface area (Å²) >= 11 is 1.60. The summed E-state index contributed by atoms with van der Waals surface area (Å²) in [5, 5.41) is 4.02. The monoisotopic (exact) mass is 485 g/mol. The number of carbonyl (C=O) groups excluding carboxylic acids is 1. The first-order valence-corrected chi connectivity index (χ1v) is 12.9. The Morgan fingerprint density at radius 1 is 1.09 bits per heavy atom. The topological polar surface area (TPSA) is 51.5 Å². The third-order valence-electron chi connectivity index (χ3n) is 6.14. The van der Waals surface area contributed by atoms with Crippen molar-refractivity contribution >= 4 is 39.9 Å². The van der Waals surface area contributed by atoms with E-state index in [0.717, 1.165) is 55.1 Å². The van der Waals surface area contributed by atoms with Crippen LogP contribution in [0.1, 0.15) is 36.1 Å². The maximum atomic E-state index is 12.9. The Labute approximate surface area is 211 Å². The number of ether oxygens (including phenoxy) is 1. The van der Waals surface area contributed by atoms with Crippen molar-refractivity contribution in [3.05, 3.63) is 83.1 Å². The molecule has 5 heteroatoms. The van der Waals surface area contributed by atoms with Gasteiger partial charge in [0.05, 0.1) is 18.6 Å². The van der Waals surface area contributed by atoms with Crippen LogP contribution in [0.4, 0.5) is 5.69 Å². The molecule has 3 aromatic carbocycles. The van der Waals surface area contributed by atoms with Gasteiger partial charge in [0, 0.05) is 33.0 Å². The largest absolute Gasteiger partial charge is 0.493 e. The summed E-state index contributed by atoms with van der Waals surface area (Å²) in [4.78, 5) is 14.0. The maximum Gasteiger partial charge on any atom is 0.248 e. The van der Waals surface area contributed by atoms with Gasteiger partial charge in [0.1, 0.15) is 11.3 Å². The SMILES string of the molecule is CCOc1c(/C(C)=C/C(=O)Nc2ccccc2SC)cc2c(-c3ccc(C)cc3C)coc2c1C. The summed E-state index contributed by atoms with van der Waals surface area (Å²) in [7, 11) is 0. The summed E-state index contributed by atoms with van der Waals surface area (Å²) < 4.78 is 12.1. The van der Waals surface area contributed by atoms with Gasteiger partial charge in [0.2, 0.25) is 5.91 Å². The quantitative estimate of drug-likeness (QED) is 0.212. The number of anilines is 1. The number of hydrogen-bond acceptors (Lipinski definition) is 4. The summed E-state index contributed by atoms with van der Waals surface area (Å²) in [5.41, 5.74) is 8.84. The molecule has 0 aliphatic heterocycles. The number of hydrogen-bond donors (Lipinski definition) is 1. The van der Waals surface area contributed by atoms with Crippen LogP contribution < -0.4 is 10.1 Å². The van der Waals surface area contributed by atoms with Gasteiger partial charge >= 0.3 is 0 Å². The molecule has 4 nitrogen and oxygen atoms in total. The number of amides is 1. The lowest BCUT2D eigenvalue weighted by Gasteiger charge is -2.15. The standard InChI is InChI=1S/C30H31NO3S/c1-7-33-29-21(5)30-24(25(17-34-30)22-13-12-18(2)14-19(22)3)16-23(29)20(4)15-28(32)31-26-10-8-9-11-27(26)35-6/h8-17H,7H2,1-6H3,(H,31,32)/b20-15+. The number of aryl methyl sites for hydroxylation is 3. The number of nitrogens with one attached hydrogen (secondary N) is 1. The highest BCUT2D eigenvalue weighted by atomic mass is 32.2. The molecule has 180 valence electrons. The molecule has 0 fully saturated rings. The van der Waals surface area contributed by atoms with Crippen molar-refractivity contribution in [3.8, 4) is 16.9 Å². The van der Waals surface area contributed by atoms with Gasteiger partial charge in [-0.05, 0) is 75.8 Å². The summed E-state index contributed by atoms with van der Waals surface area (Å²) in [6, 6.07) is 16.3. The van der Waals surface area contributed by atoms with Crippen molar-refractivity contribution in [2.45, 2.75) is 39.5 Å². The summed E-state index contributed by atoms with van der Waals surface area (Å²) in [6.45, 7) is 10.6. The molecule has 1 heterocycles. The minimum atomic E-state index is -0.175. The van der Waals surface area contributed by atoms with Crippen molar-refractivity contribution in [3.63, 3.8) is 0 Å². The smallest absolute Gasteiger partial charge is 0.248 e. The van der Waals surface area contributed by atoms with Crippen molar-refractivity contribution in [1.82, 2.24) is 0 Å². The van der Waals surface area contributed by atoms with Crippen LogP contribution in [0, 0.1) is 20.8 Å². The Bertz CT molecular complexity index is 1430. The minimum absolute atomic E-state index is 0.175. The predicted octanol–water partition coefficient (Wildman–Crippen LogP) is 8.19.